The molecule has 4 heterocycles. The Bertz CT molecular complexity index is 938. The minimum absolute atomic E-state index is 0.461. The molecule has 2 atom stereocenters. The molecule has 3 aromatic rings. The zero-order chi connectivity index (χ0) is 20.3. The maximum atomic E-state index is 5.88. The predicted octanol–water partition coefficient (Wildman–Crippen LogP) is 2.25. The van der Waals surface area contributed by atoms with Crippen molar-refractivity contribution in [1.82, 2.24) is 40.1 Å². The second-order valence-electron chi connectivity index (χ2n) is 7.93. The Morgan fingerprint density at radius 2 is 1.73 bits per heavy atom. The molecular formula is C19H23ClN10. The van der Waals surface area contributed by atoms with Gasteiger partial charge in [0.15, 0.2) is 0 Å². The summed E-state index contributed by atoms with van der Waals surface area (Å²) < 4.78 is 1.43. The van der Waals surface area contributed by atoms with Gasteiger partial charge in [-0.1, -0.05) is 11.6 Å². The summed E-state index contributed by atoms with van der Waals surface area (Å²) in [6.45, 7) is 2.99. The third-order valence-electron chi connectivity index (χ3n) is 6.05. The van der Waals surface area contributed by atoms with Crippen LogP contribution >= 0.6 is 11.6 Å². The topological polar surface area (TPSA) is 110 Å². The minimum Gasteiger partial charge on any atom is -0.383 e. The molecule has 2 fully saturated rings. The van der Waals surface area contributed by atoms with Crippen molar-refractivity contribution < 1.29 is 0 Å². The molecule has 30 heavy (non-hydrogen) atoms. The van der Waals surface area contributed by atoms with Gasteiger partial charge in [-0.3, -0.25) is 0 Å². The molecule has 1 saturated heterocycles. The molecule has 0 radical (unpaired) electrons. The first-order valence-electron chi connectivity index (χ1n) is 10.3. The van der Waals surface area contributed by atoms with E-state index in [0.29, 0.717) is 11.0 Å². The first-order valence-corrected chi connectivity index (χ1v) is 10.7. The van der Waals surface area contributed by atoms with Crippen molar-refractivity contribution in [3.05, 3.63) is 36.1 Å². The summed E-state index contributed by atoms with van der Waals surface area (Å²) in [4.78, 5) is 19.5. The molecule has 0 bridgehead atoms. The van der Waals surface area contributed by atoms with E-state index in [1.165, 1.54) is 36.7 Å². The van der Waals surface area contributed by atoms with Crippen LogP contribution in [0.25, 0.3) is 5.95 Å². The quantitative estimate of drug-likeness (QED) is 0.607. The van der Waals surface area contributed by atoms with E-state index >= 15 is 0 Å². The van der Waals surface area contributed by atoms with Crippen molar-refractivity contribution in [3.8, 4) is 5.95 Å². The molecule has 2 aliphatic rings. The first kappa shape index (κ1) is 19.1. The highest BCUT2D eigenvalue weighted by Crippen LogP contribution is 2.49. The lowest BCUT2D eigenvalue weighted by molar-refractivity contribution is 0.343. The van der Waals surface area contributed by atoms with E-state index in [9.17, 15) is 0 Å². The smallest absolute Gasteiger partial charge is 0.253 e. The third kappa shape index (κ3) is 4.33. The molecule has 5 rings (SSSR count). The fourth-order valence-corrected chi connectivity index (χ4v) is 4.46. The van der Waals surface area contributed by atoms with Gasteiger partial charge in [-0.05, 0) is 53.9 Å². The summed E-state index contributed by atoms with van der Waals surface area (Å²) in [6.07, 6.45) is 13.3. The molecule has 0 amide bonds. The third-order valence-corrected chi connectivity index (χ3v) is 6.24. The monoisotopic (exact) mass is 426 g/mol. The van der Waals surface area contributed by atoms with Gasteiger partial charge >= 0.3 is 0 Å². The zero-order valence-electron chi connectivity index (χ0n) is 16.5. The lowest BCUT2D eigenvalue weighted by atomic mass is 9.90. The Kier molecular flexibility index (Phi) is 5.39. The normalized spacial score (nSPS) is 21.6. The summed E-state index contributed by atoms with van der Waals surface area (Å²) >= 11 is 5.88. The summed E-state index contributed by atoms with van der Waals surface area (Å²) in [7, 11) is 0. The largest absolute Gasteiger partial charge is 0.383 e. The number of nitrogens with one attached hydrogen (secondary N) is 1. The number of nitrogens with zero attached hydrogens (tertiary/aromatic N) is 9. The second-order valence-corrected chi connectivity index (χ2v) is 8.36. The molecule has 0 aromatic carbocycles. The van der Waals surface area contributed by atoms with Gasteiger partial charge in [-0.15, -0.1) is 5.10 Å². The average molecular weight is 427 g/mol. The van der Waals surface area contributed by atoms with Crippen LogP contribution in [0.1, 0.15) is 25.7 Å². The summed E-state index contributed by atoms with van der Waals surface area (Å²) in [5.41, 5.74) is 0.917. The van der Waals surface area contributed by atoms with Crippen LogP contribution < -0.4 is 10.2 Å². The maximum Gasteiger partial charge on any atom is 0.253 e. The van der Waals surface area contributed by atoms with Crippen LogP contribution in [0.4, 0.5) is 11.6 Å². The Hall–Kier alpha value is -2.88. The predicted molar refractivity (Wildman–Crippen MR) is 111 cm³/mol. The van der Waals surface area contributed by atoms with Crippen LogP contribution in [0.5, 0.6) is 0 Å². The van der Waals surface area contributed by atoms with E-state index in [4.69, 9.17) is 11.6 Å². The molecule has 2 unspecified atom stereocenters. The molecule has 0 spiro atoms. The van der Waals surface area contributed by atoms with Crippen molar-refractivity contribution in [3.63, 3.8) is 0 Å². The van der Waals surface area contributed by atoms with Gasteiger partial charge in [0.1, 0.15) is 6.33 Å². The molecule has 11 heteroatoms. The molecule has 1 N–H and O–H groups in total. The second kappa shape index (κ2) is 8.47. The summed E-state index contributed by atoms with van der Waals surface area (Å²) in [5.74, 6) is 3.75. The van der Waals surface area contributed by atoms with Crippen LogP contribution in [0.15, 0.2) is 31.1 Å². The average Bonchev–Trinajstić information content (AvgIpc) is 3.34. The lowest BCUT2D eigenvalue weighted by Gasteiger charge is -2.32. The Morgan fingerprint density at radius 1 is 1.00 bits per heavy atom. The summed E-state index contributed by atoms with van der Waals surface area (Å²) in [5, 5.41) is 15.0. The number of hydrogen-bond donors (Lipinski definition) is 1. The number of tetrazole rings is 1. The highest BCUT2D eigenvalue weighted by Gasteiger charge is 2.43. The first-order chi connectivity index (χ1) is 14.8. The van der Waals surface area contributed by atoms with Crippen molar-refractivity contribution in [2.45, 2.75) is 25.7 Å². The van der Waals surface area contributed by atoms with Gasteiger partial charge in [0.25, 0.3) is 5.95 Å². The SMILES string of the molecule is Clc1cnc(N2CCC(C3CC3CCNc3cnc(-n4cnnn4)nc3)CC2)nc1. The minimum atomic E-state index is 0.461. The molecule has 10 nitrogen and oxygen atoms in total. The van der Waals surface area contributed by atoms with Crippen molar-refractivity contribution in [2.24, 2.45) is 17.8 Å². The van der Waals surface area contributed by atoms with Gasteiger partial charge in [0, 0.05) is 19.6 Å². The Labute approximate surface area is 179 Å². The standard InChI is InChI=1S/C19H23ClN10/c20-15-8-22-18(23-9-15)29-5-2-13(3-6-29)17-7-14(17)1-4-21-16-10-24-19(25-11-16)30-12-26-27-28-30/h8-14,17,21H,1-7H2. The number of halogens is 1. The number of hydrogen-bond acceptors (Lipinski definition) is 9. The number of aromatic nitrogens is 8. The number of rotatable bonds is 7. The van der Waals surface area contributed by atoms with E-state index in [2.05, 4.69) is 45.7 Å². The Morgan fingerprint density at radius 3 is 2.43 bits per heavy atom. The van der Waals surface area contributed by atoms with E-state index < -0.39 is 0 Å². The highest BCUT2D eigenvalue weighted by atomic mass is 35.5. The van der Waals surface area contributed by atoms with E-state index in [0.717, 1.165) is 49.0 Å². The van der Waals surface area contributed by atoms with Crippen LogP contribution in [-0.2, 0) is 0 Å². The molecule has 1 aliphatic heterocycles. The van der Waals surface area contributed by atoms with E-state index in [-0.39, 0.29) is 0 Å². The van der Waals surface area contributed by atoms with Crippen molar-refractivity contribution >= 4 is 23.2 Å². The lowest BCUT2D eigenvalue weighted by Crippen LogP contribution is -2.35. The fourth-order valence-electron chi connectivity index (χ4n) is 4.36. The zero-order valence-corrected chi connectivity index (χ0v) is 17.2. The fraction of sp³-hybridized carbons (Fsp3) is 0.526. The van der Waals surface area contributed by atoms with Crippen molar-refractivity contribution in [1.29, 1.82) is 0 Å². The van der Waals surface area contributed by atoms with Gasteiger partial charge in [-0.25, -0.2) is 19.9 Å². The number of piperidine rings is 1. The molecule has 3 aromatic heterocycles. The Balaban J connectivity index is 1.03. The van der Waals surface area contributed by atoms with Crippen LogP contribution in [0.2, 0.25) is 5.02 Å². The van der Waals surface area contributed by atoms with Crippen LogP contribution in [0, 0.1) is 17.8 Å². The maximum absolute atomic E-state index is 5.88. The number of anilines is 2. The van der Waals surface area contributed by atoms with Gasteiger partial charge in [0.05, 0.1) is 35.5 Å². The van der Waals surface area contributed by atoms with E-state index in [1.54, 1.807) is 24.8 Å². The molecular weight excluding hydrogens is 404 g/mol. The van der Waals surface area contributed by atoms with E-state index in [1.807, 2.05) is 0 Å². The van der Waals surface area contributed by atoms with Gasteiger partial charge in [0.2, 0.25) is 5.95 Å². The summed E-state index contributed by atoms with van der Waals surface area (Å²) in [6, 6.07) is 0. The van der Waals surface area contributed by atoms with Gasteiger partial charge in [-0.2, -0.15) is 4.68 Å². The molecule has 1 saturated carbocycles. The van der Waals surface area contributed by atoms with Crippen LogP contribution in [-0.4, -0.2) is 59.8 Å². The van der Waals surface area contributed by atoms with Gasteiger partial charge < -0.3 is 10.2 Å². The molecule has 1 aliphatic carbocycles. The van der Waals surface area contributed by atoms with Crippen molar-refractivity contribution in [2.75, 3.05) is 29.9 Å². The highest BCUT2D eigenvalue weighted by molar-refractivity contribution is 6.30. The van der Waals surface area contributed by atoms with Crippen LogP contribution in [0.3, 0.4) is 0 Å². The molecule has 156 valence electrons.